The molecule has 3 atom stereocenters. The zero-order valence-electron chi connectivity index (χ0n) is 13.1. The molecule has 2 fully saturated rings. The standard InChI is InChI=1S/C19H29P/c1-15(2)18-13-8-14-19(18)20(17-11-6-7-12-17)16-9-4-3-5-10-16/h3-5,9-10,15,17-19H,6-8,11-14H2,1-2H3/t18?,19?,20-/m1/s1. The van der Waals surface area contributed by atoms with Crippen LogP contribution in [0.2, 0.25) is 0 Å². The van der Waals surface area contributed by atoms with E-state index in [1.807, 2.05) is 0 Å². The van der Waals surface area contributed by atoms with Crippen LogP contribution in [0.25, 0.3) is 0 Å². The first-order valence-corrected chi connectivity index (χ1v) is 10.1. The Morgan fingerprint density at radius 2 is 1.60 bits per heavy atom. The van der Waals surface area contributed by atoms with Crippen molar-refractivity contribution in [1.82, 2.24) is 0 Å². The summed E-state index contributed by atoms with van der Waals surface area (Å²) in [5.41, 5.74) is 2.03. The van der Waals surface area contributed by atoms with Gasteiger partial charge in [0, 0.05) is 0 Å². The van der Waals surface area contributed by atoms with Crippen LogP contribution in [0, 0.1) is 11.8 Å². The SMILES string of the molecule is CC(C)C1CCCC1[P@](c1ccccc1)C1CCCC1. The lowest BCUT2D eigenvalue weighted by molar-refractivity contribution is 0.401. The lowest BCUT2D eigenvalue weighted by Crippen LogP contribution is -2.26. The van der Waals surface area contributed by atoms with Crippen LogP contribution in [0.15, 0.2) is 30.3 Å². The van der Waals surface area contributed by atoms with Gasteiger partial charge in [0.25, 0.3) is 0 Å². The Labute approximate surface area is 126 Å². The molecule has 0 radical (unpaired) electrons. The highest BCUT2D eigenvalue weighted by molar-refractivity contribution is 7.67. The lowest BCUT2D eigenvalue weighted by Gasteiger charge is -2.36. The van der Waals surface area contributed by atoms with Crippen molar-refractivity contribution in [3.8, 4) is 0 Å². The number of benzene rings is 1. The van der Waals surface area contributed by atoms with Crippen LogP contribution in [-0.4, -0.2) is 11.3 Å². The highest BCUT2D eigenvalue weighted by Gasteiger charge is 2.39. The summed E-state index contributed by atoms with van der Waals surface area (Å²) in [5.74, 6) is 1.86. The van der Waals surface area contributed by atoms with E-state index in [2.05, 4.69) is 44.2 Å². The lowest BCUT2D eigenvalue weighted by atomic mass is 9.94. The van der Waals surface area contributed by atoms with E-state index in [1.54, 1.807) is 5.30 Å². The smallest absolute Gasteiger partial charge is 0.0136 e. The molecule has 1 aromatic carbocycles. The van der Waals surface area contributed by atoms with Gasteiger partial charge in [-0.3, -0.25) is 0 Å². The third kappa shape index (κ3) is 2.96. The van der Waals surface area contributed by atoms with Crippen LogP contribution in [0.5, 0.6) is 0 Å². The normalized spacial score (nSPS) is 29.1. The average molecular weight is 288 g/mol. The number of rotatable bonds is 4. The minimum atomic E-state index is 0.0702. The summed E-state index contributed by atoms with van der Waals surface area (Å²) in [5, 5.41) is 1.70. The van der Waals surface area contributed by atoms with Gasteiger partial charge in [-0.25, -0.2) is 0 Å². The maximum atomic E-state index is 2.45. The Morgan fingerprint density at radius 3 is 2.25 bits per heavy atom. The zero-order chi connectivity index (χ0) is 13.9. The van der Waals surface area contributed by atoms with Crippen molar-refractivity contribution in [2.75, 3.05) is 0 Å². The monoisotopic (exact) mass is 288 g/mol. The average Bonchev–Trinajstić information content (AvgIpc) is 3.12. The van der Waals surface area contributed by atoms with Crippen LogP contribution in [0.4, 0.5) is 0 Å². The van der Waals surface area contributed by atoms with Gasteiger partial charge in [0.15, 0.2) is 0 Å². The first-order chi connectivity index (χ1) is 9.77. The molecule has 2 unspecified atom stereocenters. The van der Waals surface area contributed by atoms with Crippen LogP contribution >= 0.6 is 7.92 Å². The van der Waals surface area contributed by atoms with Crippen molar-refractivity contribution in [1.29, 1.82) is 0 Å². The molecule has 0 amide bonds. The molecule has 1 heteroatoms. The fourth-order valence-electron chi connectivity index (χ4n) is 4.55. The Hall–Kier alpha value is -0.350. The molecule has 0 nitrogen and oxygen atoms in total. The largest absolute Gasteiger partial charge is 0.0687 e. The fourth-order valence-corrected chi connectivity index (χ4v) is 8.70. The van der Waals surface area contributed by atoms with Crippen LogP contribution in [-0.2, 0) is 0 Å². The maximum Gasteiger partial charge on any atom is -0.0136 e. The summed E-state index contributed by atoms with van der Waals surface area (Å²) in [7, 11) is 0.0702. The van der Waals surface area contributed by atoms with E-state index in [0.29, 0.717) is 0 Å². The summed E-state index contributed by atoms with van der Waals surface area (Å²) in [6.45, 7) is 4.91. The van der Waals surface area contributed by atoms with E-state index < -0.39 is 0 Å². The molecule has 110 valence electrons. The quantitative estimate of drug-likeness (QED) is 0.636. The molecular weight excluding hydrogens is 259 g/mol. The molecule has 2 aliphatic carbocycles. The topological polar surface area (TPSA) is 0 Å². The molecule has 2 saturated carbocycles. The van der Waals surface area contributed by atoms with Gasteiger partial charge in [0.05, 0.1) is 0 Å². The van der Waals surface area contributed by atoms with Crippen LogP contribution < -0.4 is 5.30 Å². The van der Waals surface area contributed by atoms with Gasteiger partial charge in [-0.2, -0.15) is 0 Å². The minimum absolute atomic E-state index is 0.0702. The minimum Gasteiger partial charge on any atom is -0.0687 e. The molecule has 0 spiro atoms. The van der Waals surface area contributed by atoms with Crippen molar-refractivity contribution in [3.05, 3.63) is 30.3 Å². The Bertz CT molecular complexity index is 405. The van der Waals surface area contributed by atoms with Gasteiger partial charge < -0.3 is 0 Å². The van der Waals surface area contributed by atoms with Gasteiger partial charge in [0.1, 0.15) is 0 Å². The Kier molecular flexibility index (Phi) is 4.82. The summed E-state index contributed by atoms with van der Waals surface area (Å²) in [6, 6.07) is 11.6. The molecule has 0 N–H and O–H groups in total. The second-order valence-corrected chi connectivity index (χ2v) is 9.81. The molecule has 1 aromatic rings. The van der Waals surface area contributed by atoms with Crippen LogP contribution in [0.1, 0.15) is 58.8 Å². The van der Waals surface area contributed by atoms with Gasteiger partial charge in [-0.05, 0) is 54.1 Å². The van der Waals surface area contributed by atoms with E-state index in [0.717, 1.165) is 23.2 Å². The number of hydrogen-bond donors (Lipinski definition) is 0. The molecule has 0 aliphatic heterocycles. The molecule has 3 rings (SSSR count). The molecule has 0 aromatic heterocycles. The molecule has 2 aliphatic rings. The summed E-state index contributed by atoms with van der Waals surface area (Å²) >= 11 is 0. The van der Waals surface area contributed by atoms with E-state index in [-0.39, 0.29) is 7.92 Å². The van der Waals surface area contributed by atoms with Gasteiger partial charge in [-0.1, -0.05) is 71.4 Å². The van der Waals surface area contributed by atoms with Gasteiger partial charge in [-0.15, -0.1) is 0 Å². The Morgan fingerprint density at radius 1 is 0.900 bits per heavy atom. The third-order valence-corrected chi connectivity index (χ3v) is 9.07. The molecule has 0 saturated heterocycles. The van der Waals surface area contributed by atoms with Crippen molar-refractivity contribution >= 4 is 13.2 Å². The zero-order valence-corrected chi connectivity index (χ0v) is 14.0. The second-order valence-electron chi connectivity index (χ2n) is 7.09. The first kappa shape index (κ1) is 14.6. The second kappa shape index (κ2) is 6.61. The Balaban J connectivity index is 1.89. The summed E-state index contributed by atoms with van der Waals surface area (Å²) in [4.78, 5) is 0. The molecular formula is C19H29P. The fraction of sp³-hybridized carbons (Fsp3) is 0.684. The summed E-state index contributed by atoms with van der Waals surface area (Å²) in [6.07, 6.45) is 10.4. The summed E-state index contributed by atoms with van der Waals surface area (Å²) < 4.78 is 0. The third-order valence-electron chi connectivity index (χ3n) is 5.52. The van der Waals surface area contributed by atoms with E-state index >= 15 is 0 Å². The van der Waals surface area contributed by atoms with E-state index in [4.69, 9.17) is 0 Å². The van der Waals surface area contributed by atoms with Crippen molar-refractivity contribution < 1.29 is 0 Å². The maximum absolute atomic E-state index is 2.45. The van der Waals surface area contributed by atoms with Gasteiger partial charge in [0.2, 0.25) is 0 Å². The van der Waals surface area contributed by atoms with Crippen molar-refractivity contribution in [2.24, 2.45) is 11.8 Å². The van der Waals surface area contributed by atoms with E-state index in [1.165, 1.54) is 44.9 Å². The molecule has 0 heterocycles. The predicted octanol–water partition coefficient (Wildman–Crippen LogP) is 5.56. The van der Waals surface area contributed by atoms with Crippen molar-refractivity contribution in [3.63, 3.8) is 0 Å². The van der Waals surface area contributed by atoms with Crippen molar-refractivity contribution in [2.45, 2.75) is 70.1 Å². The van der Waals surface area contributed by atoms with Gasteiger partial charge >= 0.3 is 0 Å². The molecule has 0 bridgehead atoms. The highest BCUT2D eigenvalue weighted by Crippen LogP contribution is 2.58. The molecule has 20 heavy (non-hydrogen) atoms. The highest BCUT2D eigenvalue weighted by atomic mass is 31.1. The van der Waals surface area contributed by atoms with E-state index in [9.17, 15) is 0 Å². The van der Waals surface area contributed by atoms with Crippen LogP contribution in [0.3, 0.4) is 0 Å². The predicted molar refractivity (Wildman–Crippen MR) is 91.2 cm³/mol. The first-order valence-electron chi connectivity index (χ1n) is 8.61. The number of hydrogen-bond acceptors (Lipinski definition) is 0.